The number of rotatable bonds is 8. The molecule has 1 aliphatic carbocycles. The fraction of sp³-hybridized carbons (Fsp3) is 0.857. The summed E-state index contributed by atoms with van der Waals surface area (Å²) in [6.45, 7) is 8.29. The molecule has 0 atom stereocenters. The van der Waals surface area contributed by atoms with E-state index in [0.717, 1.165) is 31.2 Å². The summed E-state index contributed by atoms with van der Waals surface area (Å²) < 4.78 is 1.95. The SMILES string of the molecule is CC(C)NCc1cn(CCN(C)CC2CCC2)nn1. The summed E-state index contributed by atoms with van der Waals surface area (Å²) in [7, 11) is 2.20. The van der Waals surface area contributed by atoms with Crippen LogP contribution in [0.15, 0.2) is 6.20 Å². The number of hydrogen-bond donors (Lipinski definition) is 1. The van der Waals surface area contributed by atoms with Gasteiger partial charge in [-0.1, -0.05) is 25.5 Å². The first-order valence-electron chi connectivity index (χ1n) is 7.44. The van der Waals surface area contributed by atoms with Gasteiger partial charge in [-0.25, -0.2) is 0 Å². The molecule has 1 N–H and O–H groups in total. The molecule has 1 fully saturated rings. The molecule has 0 amide bonds. The van der Waals surface area contributed by atoms with Crippen molar-refractivity contribution in [3.8, 4) is 0 Å². The van der Waals surface area contributed by atoms with Gasteiger partial charge in [0.25, 0.3) is 0 Å². The first-order chi connectivity index (χ1) is 9.13. The molecule has 0 radical (unpaired) electrons. The number of aromatic nitrogens is 3. The number of likely N-dealkylation sites (N-methyl/N-ethyl adjacent to an activating group) is 1. The van der Waals surface area contributed by atoms with Crippen LogP contribution in [0.3, 0.4) is 0 Å². The molecule has 19 heavy (non-hydrogen) atoms. The molecule has 1 aliphatic rings. The van der Waals surface area contributed by atoms with Crippen LogP contribution >= 0.6 is 0 Å². The molecule has 0 aliphatic heterocycles. The highest BCUT2D eigenvalue weighted by molar-refractivity contribution is 4.91. The molecule has 0 spiro atoms. The maximum atomic E-state index is 4.19. The zero-order valence-electron chi connectivity index (χ0n) is 12.5. The zero-order valence-corrected chi connectivity index (χ0v) is 12.5. The molecule has 1 aromatic heterocycles. The second-order valence-electron chi connectivity index (χ2n) is 6.07. The van der Waals surface area contributed by atoms with E-state index in [-0.39, 0.29) is 0 Å². The quantitative estimate of drug-likeness (QED) is 0.774. The third-order valence-corrected chi connectivity index (χ3v) is 3.78. The van der Waals surface area contributed by atoms with Crippen LogP contribution in [0.5, 0.6) is 0 Å². The summed E-state index contributed by atoms with van der Waals surface area (Å²) in [5.74, 6) is 0.937. The van der Waals surface area contributed by atoms with E-state index in [0.29, 0.717) is 6.04 Å². The summed E-state index contributed by atoms with van der Waals surface area (Å²) >= 11 is 0. The van der Waals surface area contributed by atoms with Crippen LogP contribution in [-0.4, -0.2) is 46.1 Å². The summed E-state index contributed by atoms with van der Waals surface area (Å²) in [5.41, 5.74) is 1.02. The van der Waals surface area contributed by atoms with Crippen molar-refractivity contribution in [2.75, 3.05) is 20.1 Å². The Morgan fingerprint density at radius 1 is 1.47 bits per heavy atom. The van der Waals surface area contributed by atoms with Crippen molar-refractivity contribution >= 4 is 0 Å². The Bertz CT molecular complexity index is 370. The van der Waals surface area contributed by atoms with Crippen LogP contribution in [-0.2, 0) is 13.1 Å². The highest BCUT2D eigenvalue weighted by atomic mass is 15.4. The Morgan fingerprint density at radius 2 is 2.26 bits per heavy atom. The molecule has 5 heteroatoms. The topological polar surface area (TPSA) is 46.0 Å². The minimum Gasteiger partial charge on any atom is -0.309 e. The predicted octanol–water partition coefficient (Wildman–Crippen LogP) is 1.51. The lowest BCUT2D eigenvalue weighted by Crippen LogP contribution is -2.31. The van der Waals surface area contributed by atoms with E-state index in [2.05, 4.69) is 41.4 Å². The van der Waals surface area contributed by atoms with Crippen LogP contribution in [0, 0.1) is 5.92 Å². The molecular formula is C14H27N5. The second-order valence-corrected chi connectivity index (χ2v) is 6.07. The van der Waals surface area contributed by atoms with Gasteiger partial charge in [-0.3, -0.25) is 4.68 Å². The Labute approximate surface area is 116 Å². The van der Waals surface area contributed by atoms with Gasteiger partial charge in [0.2, 0.25) is 0 Å². The molecule has 2 rings (SSSR count). The Hall–Kier alpha value is -0.940. The smallest absolute Gasteiger partial charge is 0.0964 e. The molecule has 5 nitrogen and oxygen atoms in total. The second kappa shape index (κ2) is 7.01. The highest BCUT2D eigenvalue weighted by Crippen LogP contribution is 2.26. The van der Waals surface area contributed by atoms with E-state index in [4.69, 9.17) is 0 Å². The molecule has 0 unspecified atom stereocenters. The molecule has 0 aromatic carbocycles. The van der Waals surface area contributed by atoms with Gasteiger partial charge < -0.3 is 10.2 Å². The molecule has 1 heterocycles. The normalized spacial score (nSPS) is 16.3. The van der Waals surface area contributed by atoms with E-state index in [1.54, 1.807) is 0 Å². The molecular weight excluding hydrogens is 238 g/mol. The predicted molar refractivity (Wildman–Crippen MR) is 76.8 cm³/mol. The van der Waals surface area contributed by atoms with E-state index < -0.39 is 0 Å². The summed E-state index contributed by atoms with van der Waals surface area (Å²) in [6, 6.07) is 0.485. The minimum absolute atomic E-state index is 0.485. The number of hydrogen-bond acceptors (Lipinski definition) is 4. The largest absolute Gasteiger partial charge is 0.309 e. The first-order valence-corrected chi connectivity index (χ1v) is 7.44. The third-order valence-electron chi connectivity index (χ3n) is 3.78. The fourth-order valence-electron chi connectivity index (χ4n) is 2.32. The van der Waals surface area contributed by atoms with Crippen molar-refractivity contribution in [1.29, 1.82) is 0 Å². The van der Waals surface area contributed by atoms with Crippen LogP contribution in [0.2, 0.25) is 0 Å². The Morgan fingerprint density at radius 3 is 2.89 bits per heavy atom. The summed E-state index contributed by atoms with van der Waals surface area (Å²) in [6.07, 6.45) is 6.30. The summed E-state index contributed by atoms with van der Waals surface area (Å²) in [5, 5.41) is 11.7. The molecule has 1 saturated carbocycles. The zero-order chi connectivity index (χ0) is 13.7. The van der Waals surface area contributed by atoms with Crippen molar-refractivity contribution < 1.29 is 0 Å². The van der Waals surface area contributed by atoms with Gasteiger partial charge in [0, 0.05) is 31.9 Å². The van der Waals surface area contributed by atoms with Crippen LogP contribution in [0.25, 0.3) is 0 Å². The molecule has 0 saturated heterocycles. The lowest BCUT2D eigenvalue weighted by Gasteiger charge is -2.29. The van der Waals surface area contributed by atoms with Crippen LogP contribution in [0.4, 0.5) is 0 Å². The highest BCUT2D eigenvalue weighted by Gasteiger charge is 2.18. The van der Waals surface area contributed by atoms with Gasteiger partial charge in [-0.05, 0) is 25.8 Å². The van der Waals surface area contributed by atoms with Gasteiger partial charge >= 0.3 is 0 Å². The van der Waals surface area contributed by atoms with Gasteiger partial charge in [0.05, 0.1) is 12.2 Å². The maximum Gasteiger partial charge on any atom is 0.0964 e. The van der Waals surface area contributed by atoms with Gasteiger partial charge in [0.1, 0.15) is 0 Å². The molecule has 1 aromatic rings. The Balaban J connectivity index is 1.67. The van der Waals surface area contributed by atoms with Crippen LogP contribution in [0.1, 0.15) is 38.8 Å². The average Bonchev–Trinajstić information content (AvgIpc) is 2.77. The Kier molecular flexibility index (Phi) is 5.34. The van der Waals surface area contributed by atoms with Crippen molar-refractivity contribution in [3.63, 3.8) is 0 Å². The molecule has 0 bridgehead atoms. The maximum absolute atomic E-state index is 4.19. The number of nitrogens with one attached hydrogen (secondary N) is 1. The lowest BCUT2D eigenvalue weighted by molar-refractivity contribution is 0.199. The van der Waals surface area contributed by atoms with Crippen LogP contribution < -0.4 is 5.32 Å². The van der Waals surface area contributed by atoms with Crippen molar-refractivity contribution in [2.24, 2.45) is 5.92 Å². The van der Waals surface area contributed by atoms with E-state index in [1.165, 1.54) is 25.8 Å². The third kappa shape index (κ3) is 4.91. The fourth-order valence-corrected chi connectivity index (χ4v) is 2.32. The number of nitrogens with zero attached hydrogens (tertiary/aromatic N) is 4. The summed E-state index contributed by atoms with van der Waals surface area (Å²) in [4.78, 5) is 2.41. The first kappa shape index (κ1) is 14.5. The van der Waals surface area contributed by atoms with E-state index >= 15 is 0 Å². The van der Waals surface area contributed by atoms with Crippen molar-refractivity contribution in [3.05, 3.63) is 11.9 Å². The van der Waals surface area contributed by atoms with E-state index in [1.807, 2.05) is 10.9 Å². The minimum atomic E-state index is 0.485. The van der Waals surface area contributed by atoms with Crippen molar-refractivity contribution in [1.82, 2.24) is 25.2 Å². The lowest BCUT2D eigenvalue weighted by atomic mass is 9.85. The van der Waals surface area contributed by atoms with E-state index in [9.17, 15) is 0 Å². The molecule has 108 valence electrons. The monoisotopic (exact) mass is 265 g/mol. The van der Waals surface area contributed by atoms with Crippen molar-refractivity contribution in [2.45, 2.75) is 52.2 Å². The van der Waals surface area contributed by atoms with Gasteiger partial charge in [0.15, 0.2) is 0 Å². The standard InChI is InChI=1S/C14H27N5/c1-12(2)15-9-14-11-19(17-16-14)8-7-18(3)10-13-5-4-6-13/h11-13,15H,4-10H2,1-3H3. The van der Waals surface area contributed by atoms with Gasteiger partial charge in [-0.2, -0.15) is 0 Å². The average molecular weight is 265 g/mol. The van der Waals surface area contributed by atoms with Gasteiger partial charge in [-0.15, -0.1) is 5.10 Å².